The Hall–Kier alpha value is -3.60. The van der Waals surface area contributed by atoms with E-state index in [1.807, 2.05) is 56.3 Å². The van der Waals surface area contributed by atoms with Crippen LogP contribution in [-0.4, -0.2) is 12.1 Å². The highest BCUT2D eigenvalue weighted by Crippen LogP contribution is 2.23. The van der Waals surface area contributed by atoms with E-state index in [0.29, 0.717) is 17.2 Å². The Kier molecular flexibility index (Phi) is 6.63. The predicted octanol–water partition coefficient (Wildman–Crippen LogP) is 5.92. The SMILES string of the molecule is CCC(C)C(=O)Nc1ccc(OC(=O)Oc2ccc(-c3ccccc3)cc2)cc1. The van der Waals surface area contributed by atoms with Crippen molar-refractivity contribution in [1.82, 2.24) is 0 Å². The lowest BCUT2D eigenvalue weighted by Crippen LogP contribution is -2.19. The second kappa shape index (κ2) is 9.55. The number of ether oxygens (including phenoxy) is 2. The van der Waals surface area contributed by atoms with Gasteiger partial charge >= 0.3 is 6.16 Å². The third-order valence-electron chi connectivity index (χ3n) is 4.55. The zero-order chi connectivity index (χ0) is 20.6. The molecule has 0 saturated heterocycles. The van der Waals surface area contributed by atoms with E-state index in [4.69, 9.17) is 9.47 Å². The Labute approximate surface area is 170 Å². The molecule has 5 nitrogen and oxygen atoms in total. The molecular formula is C24H23NO4. The Morgan fingerprint density at radius 3 is 1.86 bits per heavy atom. The minimum Gasteiger partial charge on any atom is -0.395 e. The maximum atomic E-state index is 12.0. The number of hydrogen-bond donors (Lipinski definition) is 1. The molecule has 1 amide bonds. The summed E-state index contributed by atoms with van der Waals surface area (Å²) in [4.78, 5) is 23.9. The van der Waals surface area contributed by atoms with Gasteiger partial charge in [0, 0.05) is 11.6 Å². The minimum atomic E-state index is -0.825. The van der Waals surface area contributed by atoms with Crippen LogP contribution in [0, 0.1) is 5.92 Å². The van der Waals surface area contributed by atoms with E-state index in [-0.39, 0.29) is 11.8 Å². The summed E-state index contributed by atoms with van der Waals surface area (Å²) in [5.74, 6) is 0.623. The first-order valence-electron chi connectivity index (χ1n) is 9.51. The molecule has 1 atom stereocenters. The lowest BCUT2D eigenvalue weighted by molar-refractivity contribution is -0.119. The maximum Gasteiger partial charge on any atom is 0.519 e. The van der Waals surface area contributed by atoms with Crippen LogP contribution in [0.3, 0.4) is 0 Å². The average Bonchev–Trinajstić information content (AvgIpc) is 2.75. The first kappa shape index (κ1) is 20.1. The van der Waals surface area contributed by atoms with Crippen molar-refractivity contribution in [3.8, 4) is 22.6 Å². The second-order valence-electron chi connectivity index (χ2n) is 6.67. The highest BCUT2D eigenvalue weighted by Gasteiger charge is 2.11. The van der Waals surface area contributed by atoms with Gasteiger partial charge in [-0.3, -0.25) is 4.79 Å². The fourth-order valence-electron chi connectivity index (χ4n) is 2.62. The van der Waals surface area contributed by atoms with Crippen LogP contribution in [0.2, 0.25) is 0 Å². The van der Waals surface area contributed by atoms with Gasteiger partial charge in [0.15, 0.2) is 0 Å². The maximum absolute atomic E-state index is 12.0. The zero-order valence-electron chi connectivity index (χ0n) is 16.4. The number of carbonyl (C=O) groups excluding carboxylic acids is 2. The summed E-state index contributed by atoms with van der Waals surface area (Å²) in [7, 11) is 0. The van der Waals surface area contributed by atoms with Gasteiger partial charge in [0.1, 0.15) is 11.5 Å². The van der Waals surface area contributed by atoms with Crippen molar-refractivity contribution in [2.45, 2.75) is 20.3 Å². The first-order valence-corrected chi connectivity index (χ1v) is 9.51. The van der Waals surface area contributed by atoms with Gasteiger partial charge in [0.25, 0.3) is 0 Å². The lowest BCUT2D eigenvalue weighted by Gasteiger charge is -2.10. The van der Waals surface area contributed by atoms with Crippen LogP contribution < -0.4 is 14.8 Å². The quantitative estimate of drug-likeness (QED) is 0.420. The van der Waals surface area contributed by atoms with E-state index < -0.39 is 6.16 Å². The molecule has 0 aliphatic heterocycles. The predicted molar refractivity (Wildman–Crippen MR) is 113 cm³/mol. The topological polar surface area (TPSA) is 64.6 Å². The molecule has 148 valence electrons. The molecule has 3 aromatic carbocycles. The summed E-state index contributed by atoms with van der Waals surface area (Å²) >= 11 is 0. The van der Waals surface area contributed by atoms with Gasteiger partial charge in [-0.2, -0.15) is 0 Å². The number of benzene rings is 3. The number of rotatable bonds is 6. The van der Waals surface area contributed by atoms with Crippen LogP contribution in [-0.2, 0) is 4.79 Å². The van der Waals surface area contributed by atoms with E-state index in [1.165, 1.54) is 0 Å². The van der Waals surface area contributed by atoms with Crippen molar-refractivity contribution < 1.29 is 19.1 Å². The number of anilines is 1. The van der Waals surface area contributed by atoms with Gasteiger partial charge in [-0.1, -0.05) is 56.3 Å². The third kappa shape index (κ3) is 5.69. The molecule has 3 rings (SSSR count). The molecule has 3 aromatic rings. The van der Waals surface area contributed by atoms with Crippen molar-refractivity contribution in [3.63, 3.8) is 0 Å². The van der Waals surface area contributed by atoms with Crippen LogP contribution in [0.5, 0.6) is 11.5 Å². The molecule has 1 N–H and O–H groups in total. The van der Waals surface area contributed by atoms with Crippen molar-refractivity contribution in [2.75, 3.05) is 5.32 Å². The zero-order valence-corrected chi connectivity index (χ0v) is 16.4. The fourth-order valence-corrected chi connectivity index (χ4v) is 2.62. The van der Waals surface area contributed by atoms with Crippen molar-refractivity contribution >= 4 is 17.7 Å². The molecule has 1 unspecified atom stereocenters. The molecule has 0 fully saturated rings. The Morgan fingerprint density at radius 2 is 1.31 bits per heavy atom. The molecule has 0 spiro atoms. The van der Waals surface area contributed by atoms with Crippen molar-refractivity contribution in [2.24, 2.45) is 5.92 Å². The summed E-state index contributed by atoms with van der Waals surface area (Å²) in [6.07, 6.45) is -0.0561. The third-order valence-corrected chi connectivity index (χ3v) is 4.55. The van der Waals surface area contributed by atoms with Gasteiger partial charge in [-0.05, 0) is 53.9 Å². The van der Waals surface area contributed by atoms with Gasteiger partial charge in [0.2, 0.25) is 5.91 Å². The summed E-state index contributed by atoms with van der Waals surface area (Å²) in [6, 6.07) is 23.7. The molecule has 0 aliphatic rings. The molecule has 0 saturated carbocycles. The molecule has 0 radical (unpaired) electrons. The van der Waals surface area contributed by atoms with Gasteiger partial charge in [-0.25, -0.2) is 4.79 Å². The average molecular weight is 389 g/mol. The Balaban J connectivity index is 1.54. The van der Waals surface area contributed by atoms with Crippen LogP contribution >= 0.6 is 0 Å². The summed E-state index contributed by atoms with van der Waals surface area (Å²) in [5.41, 5.74) is 2.76. The standard InChI is InChI=1S/C24H23NO4/c1-3-17(2)23(26)25-20-11-15-22(16-12-20)29-24(27)28-21-13-9-19(10-14-21)18-7-5-4-6-8-18/h4-17H,3H2,1-2H3,(H,25,26). The van der Waals surface area contributed by atoms with Gasteiger partial charge in [-0.15, -0.1) is 0 Å². The molecule has 29 heavy (non-hydrogen) atoms. The van der Waals surface area contributed by atoms with Crippen LogP contribution in [0.1, 0.15) is 20.3 Å². The Bertz CT molecular complexity index is 950. The molecule has 0 heterocycles. The first-order chi connectivity index (χ1) is 14.0. The highest BCUT2D eigenvalue weighted by atomic mass is 16.7. The molecular weight excluding hydrogens is 366 g/mol. The molecule has 0 bridgehead atoms. The number of amides is 1. The smallest absolute Gasteiger partial charge is 0.395 e. The van der Waals surface area contributed by atoms with E-state index in [2.05, 4.69) is 5.32 Å². The number of hydrogen-bond acceptors (Lipinski definition) is 4. The van der Waals surface area contributed by atoms with Crippen molar-refractivity contribution in [3.05, 3.63) is 78.9 Å². The molecule has 0 aromatic heterocycles. The highest BCUT2D eigenvalue weighted by molar-refractivity contribution is 5.92. The van der Waals surface area contributed by atoms with Crippen LogP contribution in [0.15, 0.2) is 78.9 Å². The molecule has 0 aliphatic carbocycles. The van der Waals surface area contributed by atoms with Gasteiger partial charge < -0.3 is 14.8 Å². The largest absolute Gasteiger partial charge is 0.519 e. The van der Waals surface area contributed by atoms with Gasteiger partial charge in [0.05, 0.1) is 0 Å². The summed E-state index contributed by atoms with van der Waals surface area (Å²) in [5, 5.41) is 2.82. The van der Waals surface area contributed by atoms with E-state index in [9.17, 15) is 9.59 Å². The van der Waals surface area contributed by atoms with Crippen LogP contribution in [0.4, 0.5) is 10.5 Å². The van der Waals surface area contributed by atoms with E-state index in [1.54, 1.807) is 36.4 Å². The number of carbonyl (C=O) groups is 2. The van der Waals surface area contributed by atoms with Crippen molar-refractivity contribution in [1.29, 1.82) is 0 Å². The summed E-state index contributed by atoms with van der Waals surface area (Å²) in [6.45, 7) is 3.83. The van der Waals surface area contributed by atoms with Crippen LogP contribution in [0.25, 0.3) is 11.1 Å². The van der Waals surface area contributed by atoms with E-state index in [0.717, 1.165) is 17.5 Å². The minimum absolute atomic E-state index is 0.0421. The Morgan fingerprint density at radius 1 is 0.793 bits per heavy atom. The van der Waals surface area contributed by atoms with E-state index >= 15 is 0 Å². The molecule has 5 heteroatoms. The normalized spacial score (nSPS) is 11.4. The second-order valence-corrected chi connectivity index (χ2v) is 6.67. The lowest BCUT2D eigenvalue weighted by atomic mass is 10.1. The monoisotopic (exact) mass is 389 g/mol. The fraction of sp³-hybridized carbons (Fsp3) is 0.167. The number of nitrogens with one attached hydrogen (secondary N) is 1. The summed E-state index contributed by atoms with van der Waals surface area (Å²) < 4.78 is 10.4.